The van der Waals surface area contributed by atoms with Gasteiger partial charge in [-0.25, -0.2) is 4.79 Å². The molecular weight excluding hydrogens is 310 g/mol. The number of likely N-dealkylation sites (tertiary alicyclic amines) is 2. The fourth-order valence-electron chi connectivity index (χ4n) is 3.42. The van der Waals surface area contributed by atoms with E-state index in [-0.39, 0.29) is 10.8 Å². The van der Waals surface area contributed by atoms with E-state index in [1.807, 2.05) is 25.7 Å². The Kier molecular flexibility index (Phi) is 6.89. The van der Waals surface area contributed by atoms with E-state index in [1.165, 1.54) is 32.4 Å². The van der Waals surface area contributed by atoms with Crippen LogP contribution in [0.3, 0.4) is 0 Å². The number of nitrogens with one attached hydrogen (secondary N) is 1. The minimum absolute atomic E-state index is 0.0120. The van der Waals surface area contributed by atoms with Crippen molar-refractivity contribution in [2.24, 2.45) is 0 Å². The Labute approximate surface area is 143 Å². The molecule has 0 radical (unpaired) electrons. The van der Waals surface area contributed by atoms with Gasteiger partial charge in [0.1, 0.15) is 0 Å². The zero-order chi connectivity index (χ0) is 16.9. The lowest BCUT2D eigenvalue weighted by Gasteiger charge is -2.26. The molecule has 6 heteroatoms. The van der Waals surface area contributed by atoms with Crippen molar-refractivity contribution in [3.05, 3.63) is 0 Å². The van der Waals surface area contributed by atoms with Crippen molar-refractivity contribution in [3.8, 4) is 0 Å². The van der Waals surface area contributed by atoms with Crippen LogP contribution in [0.25, 0.3) is 0 Å². The van der Waals surface area contributed by atoms with Crippen molar-refractivity contribution < 1.29 is 9.00 Å². The Balaban J connectivity index is 1.71. The van der Waals surface area contributed by atoms with Gasteiger partial charge in [0.2, 0.25) is 0 Å². The third-order valence-electron chi connectivity index (χ3n) is 4.89. The lowest BCUT2D eigenvalue weighted by atomic mass is 10.1. The van der Waals surface area contributed by atoms with Gasteiger partial charge >= 0.3 is 6.03 Å². The summed E-state index contributed by atoms with van der Waals surface area (Å²) in [5, 5.41) is 2.95. The van der Waals surface area contributed by atoms with Crippen molar-refractivity contribution in [2.75, 3.05) is 38.5 Å². The molecule has 2 saturated heterocycles. The van der Waals surface area contributed by atoms with Crippen LogP contribution in [0.1, 0.15) is 52.9 Å². The van der Waals surface area contributed by atoms with Crippen LogP contribution < -0.4 is 5.32 Å². The van der Waals surface area contributed by atoms with Gasteiger partial charge in [0, 0.05) is 47.0 Å². The van der Waals surface area contributed by atoms with Gasteiger partial charge in [0.15, 0.2) is 0 Å². The molecule has 0 saturated carbocycles. The van der Waals surface area contributed by atoms with Crippen molar-refractivity contribution in [3.63, 3.8) is 0 Å². The summed E-state index contributed by atoms with van der Waals surface area (Å²) < 4.78 is 11.8. The lowest BCUT2D eigenvalue weighted by Crippen LogP contribution is -2.43. The molecule has 0 spiro atoms. The summed E-state index contributed by atoms with van der Waals surface area (Å²) in [6, 6.07) is 0.668. The van der Waals surface area contributed by atoms with Crippen molar-refractivity contribution in [2.45, 2.75) is 63.7 Å². The van der Waals surface area contributed by atoms with E-state index in [1.54, 1.807) is 0 Å². The van der Waals surface area contributed by atoms with Gasteiger partial charge in [-0.05, 0) is 66.0 Å². The molecule has 0 unspecified atom stereocenters. The second-order valence-electron chi connectivity index (χ2n) is 7.71. The second-order valence-corrected chi connectivity index (χ2v) is 10.0. The molecule has 23 heavy (non-hydrogen) atoms. The summed E-state index contributed by atoms with van der Waals surface area (Å²) in [6.07, 6.45) is 6.03. The minimum atomic E-state index is -0.910. The molecule has 2 atom stereocenters. The largest absolute Gasteiger partial charge is 0.337 e. The average molecular weight is 344 g/mol. The number of carbonyl (C=O) groups is 1. The smallest absolute Gasteiger partial charge is 0.317 e. The van der Waals surface area contributed by atoms with Crippen LogP contribution in [0.15, 0.2) is 0 Å². The molecule has 2 aliphatic rings. The Morgan fingerprint density at radius 2 is 1.78 bits per heavy atom. The molecule has 0 bridgehead atoms. The van der Waals surface area contributed by atoms with E-state index in [0.29, 0.717) is 18.3 Å². The molecule has 5 nitrogen and oxygen atoms in total. The molecule has 0 aliphatic carbocycles. The summed E-state index contributed by atoms with van der Waals surface area (Å²) in [7, 11) is -0.910. The maximum atomic E-state index is 12.3. The minimum Gasteiger partial charge on any atom is -0.337 e. The Morgan fingerprint density at radius 1 is 1.09 bits per heavy atom. The van der Waals surface area contributed by atoms with E-state index in [4.69, 9.17) is 0 Å². The van der Waals surface area contributed by atoms with Crippen LogP contribution in [0.2, 0.25) is 0 Å². The summed E-state index contributed by atoms with van der Waals surface area (Å²) in [6.45, 7) is 10.6. The number of urea groups is 1. The fourth-order valence-corrected chi connectivity index (χ4v) is 4.32. The number of hydrogen-bond acceptors (Lipinski definition) is 3. The van der Waals surface area contributed by atoms with E-state index in [2.05, 4.69) is 10.2 Å². The van der Waals surface area contributed by atoms with Crippen LogP contribution in [0.4, 0.5) is 4.79 Å². The predicted molar refractivity (Wildman–Crippen MR) is 96.2 cm³/mol. The van der Waals surface area contributed by atoms with E-state index in [0.717, 1.165) is 25.9 Å². The highest BCUT2D eigenvalue weighted by atomic mass is 32.2. The maximum absolute atomic E-state index is 12.3. The zero-order valence-electron chi connectivity index (χ0n) is 15.0. The summed E-state index contributed by atoms with van der Waals surface area (Å²) in [5.74, 6) is 0.527. The standard InChI is InChI=1S/C17H33N3O2S/c1-17(2,3)23(22)14-9-18-16(21)20-12-6-7-15(8-13-20)19-10-4-5-11-19/h15H,4-14H2,1-3H3,(H,18,21)/t15-,23-/m0/s1. The van der Waals surface area contributed by atoms with Gasteiger partial charge in [-0.1, -0.05) is 0 Å². The first-order valence-electron chi connectivity index (χ1n) is 9.03. The van der Waals surface area contributed by atoms with Gasteiger partial charge in [0.05, 0.1) is 0 Å². The molecule has 2 aliphatic heterocycles. The third kappa shape index (κ3) is 5.75. The molecule has 0 aromatic heterocycles. The number of carbonyl (C=O) groups excluding carboxylic acids is 1. The first-order valence-corrected chi connectivity index (χ1v) is 10.3. The van der Waals surface area contributed by atoms with Gasteiger partial charge < -0.3 is 15.1 Å². The van der Waals surface area contributed by atoms with Gasteiger partial charge in [-0.2, -0.15) is 0 Å². The second kappa shape index (κ2) is 8.47. The maximum Gasteiger partial charge on any atom is 0.317 e. The molecule has 2 heterocycles. The van der Waals surface area contributed by atoms with Crippen molar-refractivity contribution in [1.29, 1.82) is 0 Å². The normalized spacial score (nSPS) is 25.2. The zero-order valence-corrected chi connectivity index (χ0v) is 15.8. The van der Waals surface area contributed by atoms with E-state index < -0.39 is 10.8 Å². The Bertz CT molecular complexity index is 417. The van der Waals surface area contributed by atoms with Crippen LogP contribution in [-0.2, 0) is 10.8 Å². The summed E-state index contributed by atoms with van der Waals surface area (Å²) in [5.41, 5.74) is 0. The number of hydrogen-bond donors (Lipinski definition) is 1. The molecule has 0 aromatic rings. The topological polar surface area (TPSA) is 52.7 Å². The number of nitrogens with zero attached hydrogens (tertiary/aromatic N) is 2. The first-order chi connectivity index (χ1) is 10.9. The molecule has 2 amide bonds. The van der Waals surface area contributed by atoms with E-state index >= 15 is 0 Å². The third-order valence-corrected chi connectivity index (χ3v) is 6.83. The number of amides is 2. The Hall–Kier alpha value is -0.620. The molecule has 2 fully saturated rings. The highest BCUT2D eigenvalue weighted by Gasteiger charge is 2.26. The van der Waals surface area contributed by atoms with Gasteiger partial charge in [-0.3, -0.25) is 4.21 Å². The summed E-state index contributed by atoms with van der Waals surface area (Å²) >= 11 is 0. The predicted octanol–water partition coefficient (Wildman–Crippen LogP) is 2.19. The van der Waals surface area contributed by atoms with Crippen LogP contribution in [-0.4, -0.2) is 69.3 Å². The Morgan fingerprint density at radius 3 is 2.43 bits per heavy atom. The number of rotatable bonds is 4. The van der Waals surface area contributed by atoms with Crippen molar-refractivity contribution >= 4 is 16.8 Å². The quantitative estimate of drug-likeness (QED) is 0.851. The first kappa shape index (κ1) is 18.7. The molecule has 134 valence electrons. The highest BCUT2D eigenvalue weighted by Crippen LogP contribution is 2.21. The van der Waals surface area contributed by atoms with Crippen LogP contribution in [0.5, 0.6) is 0 Å². The highest BCUT2D eigenvalue weighted by molar-refractivity contribution is 7.86. The van der Waals surface area contributed by atoms with Gasteiger partial charge in [0.25, 0.3) is 0 Å². The fraction of sp³-hybridized carbons (Fsp3) is 0.941. The molecule has 0 aromatic carbocycles. The monoisotopic (exact) mass is 343 g/mol. The van der Waals surface area contributed by atoms with Crippen molar-refractivity contribution in [1.82, 2.24) is 15.1 Å². The van der Waals surface area contributed by atoms with Crippen LogP contribution >= 0.6 is 0 Å². The SMILES string of the molecule is CC(C)(C)[S@@](=O)CCNC(=O)N1CCC[C@H](N2CCCC2)CC1. The lowest BCUT2D eigenvalue weighted by molar-refractivity contribution is 0.194. The van der Waals surface area contributed by atoms with Gasteiger partial charge in [-0.15, -0.1) is 0 Å². The average Bonchev–Trinajstić information content (AvgIpc) is 2.90. The summed E-state index contributed by atoms with van der Waals surface area (Å²) in [4.78, 5) is 16.9. The molecule has 2 rings (SSSR count). The van der Waals surface area contributed by atoms with Crippen LogP contribution in [0, 0.1) is 0 Å². The molecule has 1 N–H and O–H groups in total. The van der Waals surface area contributed by atoms with E-state index in [9.17, 15) is 9.00 Å². The molecular formula is C17H33N3O2S.